The maximum absolute atomic E-state index is 12.1. The molecule has 0 amide bonds. The van der Waals surface area contributed by atoms with Gasteiger partial charge in [0, 0.05) is 52.2 Å². The Labute approximate surface area is 326 Å². The van der Waals surface area contributed by atoms with Crippen LogP contribution in [0.3, 0.4) is 0 Å². The molecule has 0 radical (unpaired) electrons. The van der Waals surface area contributed by atoms with E-state index in [1.165, 1.54) is 0 Å². The molecule has 0 aromatic heterocycles. The van der Waals surface area contributed by atoms with Crippen LogP contribution in [0.25, 0.3) is 65.3 Å². The lowest BCUT2D eigenvalue weighted by Crippen LogP contribution is -2.40. The molecule has 3 N–H and O–H groups in total. The number of phenols is 2. The standard InChI is InChI=1S/C50H44N2O4/c1-55-43-25-23-31-13-3-7-17-37(31)45(43)47-39-19-9-5-15-33(39)27-35(49(47)53)29-51-41-21-11-12-22-42(41)52-30-36-28-34-16-6-10-20-40(34)48(50(36)54)46-38-18-8-4-14-32(38)24-26-44(46)56-2/h3-10,13-20,23-29,41-42,52-54H,11-12,21-22,30H2,1-2H3/t41-,42-/m1/s1. The van der Waals surface area contributed by atoms with Crippen LogP contribution in [0.5, 0.6) is 23.0 Å². The van der Waals surface area contributed by atoms with Crippen LogP contribution >= 0.6 is 0 Å². The lowest BCUT2D eigenvalue weighted by molar-refractivity contribution is 0.327. The Morgan fingerprint density at radius 3 is 1.62 bits per heavy atom. The van der Waals surface area contributed by atoms with Gasteiger partial charge in [0.1, 0.15) is 23.0 Å². The highest BCUT2D eigenvalue weighted by Gasteiger charge is 2.26. The van der Waals surface area contributed by atoms with Gasteiger partial charge < -0.3 is 25.0 Å². The summed E-state index contributed by atoms with van der Waals surface area (Å²) in [5, 5.41) is 36.2. The summed E-state index contributed by atoms with van der Waals surface area (Å²) in [5.74, 6) is 1.85. The fourth-order valence-corrected chi connectivity index (χ4v) is 8.80. The molecule has 6 heteroatoms. The number of aromatic hydroxyl groups is 2. The molecule has 0 spiro atoms. The van der Waals surface area contributed by atoms with Gasteiger partial charge in [-0.3, -0.25) is 4.99 Å². The third kappa shape index (κ3) is 6.26. The molecule has 1 saturated carbocycles. The van der Waals surface area contributed by atoms with Gasteiger partial charge in [0.05, 0.1) is 20.3 Å². The number of phenolic OH excluding ortho intramolecular Hbond substituents is 2. The molecule has 6 nitrogen and oxygen atoms in total. The van der Waals surface area contributed by atoms with Crippen LogP contribution in [0.1, 0.15) is 36.8 Å². The molecule has 0 aliphatic heterocycles. The monoisotopic (exact) mass is 736 g/mol. The van der Waals surface area contributed by atoms with Crippen LogP contribution < -0.4 is 14.8 Å². The Bertz CT molecular complexity index is 2790. The molecule has 8 aromatic rings. The molecule has 2 atom stereocenters. The maximum Gasteiger partial charge on any atom is 0.132 e. The molecule has 1 aliphatic carbocycles. The lowest BCUT2D eigenvalue weighted by atomic mass is 9.89. The number of fused-ring (bicyclic) bond motifs is 4. The van der Waals surface area contributed by atoms with E-state index in [0.717, 1.165) is 102 Å². The van der Waals surface area contributed by atoms with Crippen molar-refractivity contribution in [3.8, 4) is 45.3 Å². The molecular formula is C50H44N2O4. The summed E-state index contributed by atoms with van der Waals surface area (Å²) in [5.41, 5.74) is 4.75. The Hall–Kier alpha value is -6.37. The Balaban J connectivity index is 1.07. The SMILES string of the molecule is COc1ccc2ccccc2c1-c1c(O)c(C=N[C@@H]2CCCC[C@H]2NCc2cc3ccccc3c(-c3c(OC)ccc4ccccc34)c2O)cc2ccccc12. The fourth-order valence-electron chi connectivity index (χ4n) is 8.80. The predicted molar refractivity (Wildman–Crippen MR) is 231 cm³/mol. The smallest absolute Gasteiger partial charge is 0.132 e. The lowest BCUT2D eigenvalue weighted by Gasteiger charge is -2.30. The highest BCUT2D eigenvalue weighted by atomic mass is 16.5. The van der Waals surface area contributed by atoms with E-state index < -0.39 is 0 Å². The second kappa shape index (κ2) is 15.0. The number of methoxy groups -OCH3 is 2. The van der Waals surface area contributed by atoms with E-state index in [9.17, 15) is 10.2 Å². The topological polar surface area (TPSA) is 83.3 Å². The first-order valence-corrected chi connectivity index (χ1v) is 19.4. The summed E-state index contributed by atoms with van der Waals surface area (Å²) in [6.45, 7) is 0.472. The third-order valence-electron chi connectivity index (χ3n) is 11.6. The fraction of sp³-hybridized carbons (Fsp3) is 0.180. The second-order valence-corrected chi connectivity index (χ2v) is 14.7. The molecule has 1 fully saturated rings. The van der Waals surface area contributed by atoms with Crippen LogP contribution in [-0.2, 0) is 6.54 Å². The Morgan fingerprint density at radius 1 is 0.571 bits per heavy atom. The average Bonchev–Trinajstić information content (AvgIpc) is 3.25. The van der Waals surface area contributed by atoms with Crippen LogP contribution in [-0.4, -0.2) is 42.7 Å². The first-order chi connectivity index (χ1) is 27.5. The predicted octanol–water partition coefficient (Wildman–Crippen LogP) is 11.6. The largest absolute Gasteiger partial charge is 0.507 e. The van der Waals surface area contributed by atoms with Crippen LogP contribution in [0, 0.1) is 0 Å². The van der Waals surface area contributed by atoms with Gasteiger partial charge in [-0.25, -0.2) is 0 Å². The zero-order chi connectivity index (χ0) is 38.2. The first kappa shape index (κ1) is 35.3. The Kier molecular flexibility index (Phi) is 9.49. The molecule has 0 saturated heterocycles. The van der Waals surface area contributed by atoms with Crippen molar-refractivity contribution in [2.24, 2.45) is 4.99 Å². The van der Waals surface area contributed by atoms with E-state index in [1.54, 1.807) is 14.2 Å². The molecule has 0 heterocycles. The van der Waals surface area contributed by atoms with Gasteiger partial charge in [-0.15, -0.1) is 0 Å². The zero-order valence-electron chi connectivity index (χ0n) is 31.6. The van der Waals surface area contributed by atoms with Crippen LogP contribution in [0.4, 0.5) is 0 Å². The summed E-state index contributed by atoms with van der Waals surface area (Å²) in [6.07, 6.45) is 5.91. The third-order valence-corrected chi connectivity index (χ3v) is 11.6. The summed E-state index contributed by atoms with van der Waals surface area (Å²) in [7, 11) is 3.36. The minimum absolute atomic E-state index is 0.00890. The molecule has 0 bridgehead atoms. The van der Waals surface area contributed by atoms with Crippen molar-refractivity contribution < 1.29 is 19.7 Å². The number of hydrogen-bond acceptors (Lipinski definition) is 6. The number of aliphatic imine (C=N–C) groups is 1. The summed E-state index contributed by atoms with van der Waals surface area (Å²) in [6, 6.07) is 45.1. The summed E-state index contributed by atoms with van der Waals surface area (Å²) < 4.78 is 11.8. The van der Waals surface area contributed by atoms with Crippen LogP contribution in [0.2, 0.25) is 0 Å². The van der Waals surface area contributed by atoms with Gasteiger partial charge in [-0.05, 0) is 80.2 Å². The zero-order valence-corrected chi connectivity index (χ0v) is 31.6. The average molecular weight is 737 g/mol. The van der Waals surface area contributed by atoms with Crippen molar-refractivity contribution in [3.05, 3.63) is 145 Å². The number of hydrogen-bond donors (Lipinski definition) is 3. The summed E-state index contributed by atoms with van der Waals surface area (Å²) in [4.78, 5) is 5.19. The van der Waals surface area contributed by atoms with Crippen LogP contribution in [0.15, 0.2) is 138 Å². The van der Waals surface area contributed by atoms with Gasteiger partial charge in [-0.1, -0.05) is 122 Å². The number of benzene rings is 8. The Morgan fingerprint density at radius 2 is 1.05 bits per heavy atom. The van der Waals surface area contributed by atoms with E-state index in [-0.39, 0.29) is 23.6 Å². The molecule has 9 rings (SSSR count). The van der Waals surface area contributed by atoms with Gasteiger partial charge in [0.2, 0.25) is 0 Å². The highest BCUT2D eigenvalue weighted by Crippen LogP contribution is 2.48. The quantitative estimate of drug-likeness (QED) is 0.129. The maximum atomic E-state index is 12.1. The van der Waals surface area contributed by atoms with Crippen molar-refractivity contribution in [1.29, 1.82) is 0 Å². The number of rotatable bonds is 9. The summed E-state index contributed by atoms with van der Waals surface area (Å²) >= 11 is 0. The van der Waals surface area contributed by atoms with E-state index in [4.69, 9.17) is 14.5 Å². The number of nitrogens with zero attached hydrogens (tertiary/aromatic N) is 1. The van der Waals surface area contributed by atoms with Crippen molar-refractivity contribution in [2.75, 3.05) is 14.2 Å². The molecule has 56 heavy (non-hydrogen) atoms. The normalized spacial score (nSPS) is 16.0. The molecular weight excluding hydrogens is 693 g/mol. The molecule has 8 aromatic carbocycles. The van der Waals surface area contributed by atoms with E-state index in [1.807, 2.05) is 72.9 Å². The van der Waals surface area contributed by atoms with Crippen molar-refractivity contribution in [3.63, 3.8) is 0 Å². The van der Waals surface area contributed by atoms with Gasteiger partial charge >= 0.3 is 0 Å². The first-order valence-electron chi connectivity index (χ1n) is 19.4. The van der Waals surface area contributed by atoms with Gasteiger partial charge in [0.15, 0.2) is 0 Å². The number of nitrogens with one attached hydrogen (secondary N) is 1. The van der Waals surface area contributed by atoms with E-state index in [2.05, 4.69) is 72.0 Å². The van der Waals surface area contributed by atoms with Gasteiger partial charge in [-0.2, -0.15) is 0 Å². The van der Waals surface area contributed by atoms with Crippen molar-refractivity contribution >= 4 is 49.3 Å². The van der Waals surface area contributed by atoms with Crippen molar-refractivity contribution in [1.82, 2.24) is 5.32 Å². The minimum Gasteiger partial charge on any atom is -0.507 e. The second-order valence-electron chi connectivity index (χ2n) is 14.7. The minimum atomic E-state index is -0.00890. The van der Waals surface area contributed by atoms with Crippen molar-refractivity contribution in [2.45, 2.75) is 44.3 Å². The highest BCUT2D eigenvalue weighted by molar-refractivity contribution is 6.13. The molecule has 1 aliphatic rings. The molecule has 278 valence electrons. The van der Waals surface area contributed by atoms with E-state index in [0.29, 0.717) is 17.9 Å². The number of ether oxygens (including phenoxy) is 2. The van der Waals surface area contributed by atoms with E-state index >= 15 is 0 Å². The molecule has 0 unspecified atom stereocenters. The van der Waals surface area contributed by atoms with Gasteiger partial charge in [0.25, 0.3) is 0 Å².